The standard InChI is InChI=1S/C16H28N4S/c1-11-16(21-13(3)18-11)12(2)20-9-6-15(10-20)19-7-4-14(17)5-8-19/h12,14-15H,4-10,17H2,1-3H3. The van der Waals surface area contributed by atoms with Crippen molar-refractivity contribution in [1.29, 1.82) is 0 Å². The van der Waals surface area contributed by atoms with Crippen molar-refractivity contribution in [2.75, 3.05) is 26.2 Å². The smallest absolute Gasteiger partial charge is 0.0900 e. The molecule has 2 aliphatic heterocycles. The van der Waals surface area contributed by atoms with E-state index >= 15 is 0 Å². The van der Waals surface area contributed by atoms with Crippen LogP contribution in [0.3, 0.4) is 0 Å². The molecule has 1 aromatic rings. The fourth-order valence-electron chi connectivity index (χ4n) is 3.80. The Balaban J connectivity index is 1.60. The number of likely N-dealkylation sites (tertiary alicyclic amines) is 2. The highest BCUT2D eigenvalue weighted by atomic mass is 32.1. The summed E-state index contributed by atoms with van der Waals surface area (Å²) in [7, 11) is 0. The molecule has 0 saturated carbocycles. The lowest BCUT2D eigenvalue weighted by Gasteiger charge is -2.35. The van der Waals surface area contributed by atoms with E-state index in [0.717, 1.165) is 6.04 Å². The van der Waals surface area contributed by atoms with E-state index in [-0.39, 0.29) is 0 Å². The van der Waals surface area contributed by atoms with Gasteiger partial charge >= 0.3 is 0 Å². The first-order valence-corrected chi connectivity index (χ1v) is 9.04. The number of aryl methyl sites for hydroxylation is 2. The largest absolute Gasteiger partial charge is 0.328 e. The summed E-state index contributed by atoms with van der Waals surface area (Å²) in [4.78, 5) is 11.3. The zero-order valence-electron chi connectivity index (χ0n) is 13.5. The molecule has 21 heavy (non-hydrogen) atoms. The molecule has 2 N–H and O–H groups in total. The molecule has 2 unspecified atom stereocenters. The fourth-order valence-corrected chi connectivity index (χ4v) is 4.82. The second-order valence-corrected chi connectivity index (χ2v) is 7.90. The molecule has 0 aromatic carbocycles. The monoisotopic (exact) mass is 308 g/mol. The molecule has 2 saturated heterocycles. The first kappa shape index (κ1) is 15.4. The second-order valence-electron chi connectivity index (χ2n) is 6.67. The Bertz CT molecular complexity index is 479. The predicted octanol–water partition coefficient (Wildman–Crippen LogP) is 2.32. The highest BCUT2D eigenvalue weighted by molar-refractivity contribution is 7.11. The van der Waals surface area contributed by atoms with Gasteiger partial charge in [0.15, 0.2) is 0 Å². The quantitative estimate of drug-likeness (QED) is 0.931. The van der Waals surface area contributed by atoms with Crippen molar-refractivity contribution in [1.82, 2.24) is 14.8 Å². The first-order chi connectivity index (χ1) is 10.0. The SMILES string of the molecule is Cc1nc(C)c(C(C)N2CCC(N3CCC(N)CC3)C2)s1. The van der Waals surface area contributed by atoms with Crippen LogP contribution in [0.25, 0.3) is 0 Å². The molecule has 0 radical (unpaired) electrons. The molecule has 2 fully saturated rings. The van der Waals surface area contributed by atoms with Crippen molar-refractivity contribution in [2.45, 2.75) is 58.2 Å². The van der Waals surface area contributed by atoms with Crippen molar-refractivity contribution >= 4 is 11.3 Å². The normalized spacial score (nSPS) is 27.3. The Morgan fingerprint density at radius 3 is 2.52 bits per heavy atom. The summed E-state index contributed by atoms with van der Waals surface area (Å²) >= 11 is 1.86. The van der Waals surface area contributed by atoms with Gasteiger partial charge in [0.25, 0.3) is 0 Å². The van der Waals surface area contributed by atoms with Crippen LogP contribution < -0.4 is 5.73 Å². The van der Waals surface area contributed by atoms with Gasteiger partial charge in [-0.1, -0.05) is 0 Å². The van der Waals surface area contributed by atoms with Crippen molar-refractivity contribution in [3.8, 4) is 0 Å². The minimum Gasteiger partial charge on any atom is -0.328 e. The van der Waals surface area contributed by atoms with E-state index in [4.69, 9.17) is 5.73 Å². The van der Waals surface area contributed by atoms with Crippen molar-refractivity contribution < 1.29 is 0 Å². The molecular formula is C16H28N4S. The van der Waals surface area contributed by atoms with Gasteiger partial charge in [0.05, 0.1) is 10.7 Å². The summed E-state index contributed by atoms with van der Waals surface area (Å²) in [5.74, 6) is 0. The van der Waals surface area contributed by atoms with Crippen LogP contribution in [0, 0.1) is 13.8 Å². The van der Waals surface area contributed by atoms with Crippen LogP contribution in [-0.4, -0.2) is 53.0 Å². The Labute approximate surface area is 132 Å². The van der Waals surface area contributed by atoms with Gasteiger partial charge in [-0.15, -0.1) is 11.3 Å². The van der Waals surface area contributed by atoms with Gasteiger partial charge in [0.2, 0.25) is 0 Å². The molecular weight excluding hydrogens is 280 g/mol. The van der Waals surface area contributed by atoms with Crippen LogP contribution in [0.15, 0.2) is 0 Å². The number of nitrogens with zero attached hydrogens (tertiary/aromatic N) is 3. The molecule has 0 amide bonds. The van der Waals surface area contributed by atoms with Crippen LogP contribution >= 0.6 is 11.3 Å². The van der Waals surface area contributed by atoms with Gasteiger partial charge in [-0.2, -0.15) is 0 Å². The van der Waals surface area contributed by atoms with Crippen molar-refractivity contribution in [2.24, 2.45) is 5.73 Å². The number of thiazole rings is 1. The molecule has 118 valence electrons. The van der Waals surface area contributed by atoms with E-state index < -0.39 is 0 Å². The van der Waals surface area contributed by atoms with E-state index in [0.29, 0.717) is 12.1 Å². The van der Waals surface area contributed by atoms with Crippen LogP contribution in [0.5, 0.6) is 0 Å². The van der Waals surface area contributed by atoms with Crippen molar-refractivity contribution in [3.05, 3.63) is 15.6 Å². The lowest BCUT2D eigenvalue weighted by atomic mass is 10.0. The summed E-state index contributed by atoms with van der Waals surface area (Å²) in [6.45, 7) is 11.4. The third-order valence-corrected chi connectivity index (χ3v) is 6.40. The van der Waals surface area contributed by atoms with Gasteiger partial charge in [0, 0.05) is 36.1 Å². The van der Waals surface area contributed by atoms with Crippen LogP contribution in [-0.2, 0) is 0 Å². The van der Waals surface area contributed by atoms with Crippen molar-refractivity contribution in [3.63, 3.8) is 0 Å². The minimum atomic E-state index is 0.431. The number of rotatable bonds is 3. The van der Waals surface area contributed by atoms with Crippen LogP contribution in [0.2, 0.25) is 0 Å². The number of nitrogens with two attached hydrogens (primary N) is 1. The molecule has 1 aromatic heterocycles. The summed E-state index contributed by atoms with van der Waals surface area (Å²) in [6.07, 6.45) is 3.63. The Morgan fingerprint density at radius 1 is 1.19 bits per heavy atom. The summed E-state index contributed by atoms with van der Waals surface area (Å²) in [6, 6.07) is 1.67. The molecule has 2 atom stereocenters. The number of piperidine rings is 1. The zero-order valence-corrected chi connectivity index (χ0v) is 14.3. The van der Waals surface area contributed by atoms with E-state index in [9.17, 15) is 0 Å². The summed E-state index contributed by atoms with van der Waals surface area (Å²) < 4.78 is 0. The molecule has 2 aliphatic rings. The van der Waals surface area contributed by atoms with E-state index in [2.05, 4.69) is 35.6 Å². The average Bonchev–Trinajstić information content (AvgIpc) is 3.06. The second kappa shape index (κ2) is 6.32. The number of hydrogen-bond donors (Lipinski definition) is 1. The molecule has 0 aliphatic carbocycles. The lowest BCUT2D eigenvalue weighted by Crippen LogP contribution is -2.46. The van der Waals surface area contributed by atoms with E-state index in [1.807, 2.05) is 11.3 Å². The van der Waals surface area contributed by atoms with E-state index in [1.54, 1.807) is 0 Å². The van der Waals surface area contributed by atoms with E-state index in [1.165, 1.54) is 61.0 Å². The van der Waals surface area contributed by atoms with Crippen LogP contribution in [0.1, 0.15) is 47.8 Å². The fraction of sp³-hybridized carbons (Fsp3) is 0.812. The van der Waals surface area contributed by atoms with Gasteiger partial charge in [0.1, 0.15) is 0 Å². The van der Waals surface area contributed by atoms with Gasteiger partial charge in [-0.3, -0.25) is 9.80 Å². The number of hydrogen-bond acceptors (Lipinski definition) is 5. The predicted molar refractivity (Wildman–Crippen MR) is 88.8 cm³/mol. The van der Waals surface area contributed by atoms with Gasteiger partial charge in [-0.25, -0.2) is 4.98 Å². The zero-order chi connectivity index (χ0) is 15.0. The third kappa shape index (κ3) is 3.31. The topological polar surface area (TPSA) is 45.4 Å². The Kier molecular flexibility index (Phi) is 4.64. The third-order valence-electron chi connectivity index (χ3n) is 5.15. The maximum Gasteiger partial charge on any atom is 0.0900 e. The summed E-state index contributed by atoms with van der Waals surface area (Å²) in [5, 5.41) is 1.19. The maximum absolute atomic E-state index is 6.02. The van der Waals surface area contributed by atoms with Gasteiger partial charge in [-0.05, 0) is 53.1 Å². The molecule has 5 heteroatoms. The minimum absolute atomic E-state index is 0.431. The van der Waals surface area contributed by atoms with Crippen LogP contribution in [0.4, 0.5) is 0 Å². The molecule has 4 nitrogen and oxygen atoms in total. The first-order valence-electron chi connectivity index (χ1n) is 8.22. The summed E-state index contributed by atoms with van der Waals surface area (Å²) in [5.41, 5.74) is 7.24. The maximum atomic E-state index is 6.02. The molecule has 3 rings (SSSR count). The molecule has 0 bridgehead atoms. The molecule has 3 heterocycles. The highest BCUT2D eigenvalue weighted by Crippen LogP contribution is 2.32. The Morgan fingerprint density at radius 2 is 1.90 bits per heavy atom. The lowest BCUT2D eigenvalue weighted by molar-refractivity contribution is 0.146. The number of aromatic nitrogens is 1. The average molecular weight is 308 g/mol. The molecule has 0 spiro atoms. The highest BCUT2D eigenvalue weighted by Gasteiger charge is 2.33. The van der Waals surface area contributed by atoms with Gasteiger partial charge < -0.3 is 5.73 Å². The Hall–Kier alpha value is -0.490.